The Labute approximate surface area is 119 Å². The van der Waals surface area contributed by atoms with Crippen LogP contribution in [0.3, 0.4) is 0 Å². The number of hydrogen-bond donors (Lipinski definition) is 0. The molecule has 5 heteroatoms. The van der Waals surface area contributed by atoms with Crippen LogP contribution in [0, 0.1) is 0 Å². The third-order valence-electron chi connectivity index (χ3n) is 3.99. The monoisotopic (exact) mass is 284 g/mol. The maximum Gasteiger partial charge on any atom is 0.266 e. The van der Waals surface area contributed by atoms with Crippen molar-refractivity contribution < 1.29 is 9.47 Å². The van der Waals surface area contributed by atoms with Gasteiger partial charge in [0.1, 0.15) is 6.10 Å². The molecule has 5 rings (SSSR count). The first-order valence-corrected chi connectivity index (χ1v) is 7.56. The molecule has 3 aromatic rings. The van der Waals surface area contributed by atoms with Crippen molar-refractivity contribution in [3.63, 3.8) is 0 Å². The zero-order valence-corrected chi connectivity index (χ0v) is 11.5. The van der Waals surface area contributed by atoms with Crippen molar-refractivity contribution in [2.24, 2.45) is 0 Å². The SMILES string of the molecule is c1csc([C@]23OC[C@H](Cn4c2nc2ccccc24)O3)c1. The molecule has 2 aliphatic rings. The van der Waals surface area contributed by atoms with Crippen LogP contribution < -0.4 is 0 Å². The number of hydrogen-bond acceptors (Lipinski definition) is 4. The lowest BCUT2D eigenvalue weighted by atomic mass is 10.2. The van der Waals surface area contributed by atoms with Gasteiger partial charge >= 0.3 is 0 Å². The highest BCUT2D eigenvalue weighted by molar-refractivity contribution is 7.10. The summed E-state index contributed by atoms with van der Waals surface area (Å²) in [4.78, 5) is 5.85. The number of thiophene rings is 1. The number of para-hydroxylation sites is 2. The summed E-state index contributed by atoms with van der Waals surface area (Å²) in [5.74, 6) is 0.0609. The Kier molecular flexibility index (Phi) is 2.04. The van der Waals surface area contributed by atoms with Gasteiger partial charge in [-0.3, -0.25) is 0 Å². The molecule has 0 spiro atoms. The van der Waals surface area contributed by atoms with Gasteiger partial charge in [-0.2, -0.15) is 0 Å². The molecule has 0 unspecified atom stereocenters. The van der Waals surface area contributed by atoms with E-state index in [0.29, 0.717) is 6.61 Å². The van der Waals surface area contributed by atoms with E-state index in [9.17, 15) is 0 Å². The second kappa shape index (κ2) is 3.69. The molecule has 0 aliphatic carbocycles. The Morgan fingerprint density at radius 1 is 1.25 bits per heavy atom. The van der Waals surface area contributed by atoms with Crippen molar-refractivity contribution in [3.05, 3.63) is 52.5 Å². The highest BCUT2D eigenvalue weighted by atomic mass is 32.1. The van der Waals surface area contributed by atoms with Crippen molar-refractivity contribution in [2.45, 2.75) is 18.4 Å². The molecule has 1 fully saturated rings. The molecule has 2 aliphatic heterocycles. The standard InChI is InChI=1S/C15H12N2O2S/c1-2-5-12-11(4-1)16-14-15(13-6-3-7-20-13)18-9-10(19-15)8-17(12)14/h1-7,10H,8-9H2/t10-,15+/m0/s1. The van der Waals surface area contributed by atoms with E-state index < -0.39 is 5.79 Å². The lowest BCUT2D eigenvalue weighted by Crippen LogP contribution is -2.37. The van der Waals surface area contributed by atoms with Gasteiger partial charge in [0.2, 0.25) is 0 Å². The molecule has 4 nitrogen and oxygen atoms in total. The molecular weight excluding hydrogens is 272 g/mol. The van der Waals surface area contributed by atoms with Gasteiger partial charge in [-0.25, -0.2) is 4.98 Å². The van der Waals surface area contributed by atoms with Crippen LogP contribution in [0.2, 0.25) is 0 Å². The second-order valence-corrected chi connectivity index (χ2v) is 6.13. The van der Waals surface area contributed by atoms with Crippen molar-refractivity contribution in [2.75, 3.05) is 6.61 Å². The van der Waals surface area contributed by atoms with Crippen LogP contribution in [-0.2, 0) is 21.8 Å². The average Bonchev–Trinajstić information content (AvgIpc) is 3.18. The van der Waals surface area contributed by atoms with Gasteiger partial charge in [-0.05, 0) is 23.6 Å². The minimum Gasteiger partial charge on any atom is -0.336 e. The predicted octanol–water partition coefficient (Wildman–Crippen LogP) is 2.73. The molecule has 0 amide bonds. The summed E-state index contributed by atoms with van der Waals surface area (Å²) in [6, 6.07) is 12.3. The van der Waals surface area contributed by atoms with E-state index in [2.05, 4.69) is 16.7 Å². The molecule has 2 atom stereocenters. The number of fused-ring (bicyclic) bond motifs is 6. The van der Waals surface area contributed by atoms with E-state index in [1.54, 1.807) is 11.3 Å². The molecule has 20 heavy (non-hydrogen) atoms. The van der Waals surface area contributed by atoms with Gasteiger partial charge < -0.3 is 14.0 Å². The van der Waals surface area contributed by atoms with Gasteiger partial charge in [0, 0.05) is 0 Å². The third kappa shape index (κ3) is 1.25. The number of ether oxygens (including phenoxy) is 2. The summed E-state index contributed by atoms with van der Waals surface area (Å²) in [6.07, 6.45) is 0.0993. The lowest BCUT2D eigenvalue weighted by molar-refractivity contribution is -0.160. The van der Waals surface area contributed by atoms with Crippen molar-refractivity contribution in [3.8, 4) is 0 Å². The lowest BCUT2D eigenvalue weighted by Gasteiger charge is -2.31. The number of rotatable bonds is 1. The second-order valence-electron chi connectivity index (χ2n) is 5.18. The molecule has 0 radical (unpaired) electrons. The van der Waals surface area contributed by atoms with Crippen LogP contribution in [0.25, 0.3) is 11.0 Å². The molecule has 100 valence electrons. The summed E-state index contributed by atoms with van der Waals surface area (Å²) in [5.41, 5.74) is 2.15. The van der Waals surface area contributed by atoms with Crippen LogP contribution in [0.15, 0.2) is 41.8 Å². The third-order valence-corrected chi connectivity index (χ3v) is 4.94. The van der Waals surface area contributed by atoms with E-state index >= 15 is 0 Å². The highest BCUT2D eigenvalue weighted by Crippen LogP contribution is 2.46. The zero-order chi connectivity index (χ0) is 13.2. The Hall–Kier alpha value is -1.69. The molecular formula is C15H12N2O2S. The molecule has 0 N–H and O–H groups in total. The summed E-state index contributed by atoms with van der Waals surface area (Å²) in [7, 11) is 0. The van der Waals surface area contributed by atoms with Gasteiger partial charge in [0.05, 0.1) is 29.1 Å². The minimum atomic E-state index is -0.809. The number of nitrogens with zero attached hydrogens (tertiary/aromatic N) is 2. The van der Waals surface area contributed by atoms with E-state index in [0.717, 1.165) is 28.3 Å². The Morgan fingerprint density at radius 3 is 3.10 bits per heavy atom. The molecule has 0 saturated carbocycles. The van der Waals surface area contributed by atoms with E-state index in [4.69, 9.17) is 14.5 Å². The normalized spacial score (nSPS) is 27.9. The summed E-state index contributed by atoms with van der Waals surface area (Å²) in [5, 5.41) is 2.05. The van der Waals surface area contributed by atoms with Crippen molar-refractivity contribution in [1.29, 1.82) is 0 Å². The maximum absolute atomic E-state index is 6.19. The van der Waals surface area contributed by atoms with Crippen molar-refractivity contribution in [1.82, 2.24) is 9.55 Å². The molecule has 1 saturated heterocycles. The van der Waals surface area contributed by atoms with Crippen LogP contribution in [-0.4, -0.2) is 22.3 Å². The fourth-order valence-corrected chi connectivity index (χ4v) is 3.96. The zero-order valence-electron chi connectivity index (χ0n) is 10.7. The average molecular weight is 284 g/mol. The molecule has 2 bridgehead atoms. The van der Waals surface area contributed by atoms with Crippen LogP contribution in [0.5, 0.6) is 0 Å². The van der Waals surface area contributed by atoms with Crippen LogP contribution in [0.4, 0.5) is 0 Å². The first-order chi connectivity index (χ1) is 9.87. The van der Waals surface area contributed by atoms with Crippen LogP contribution >= 0.6 is 11.3 Å². The highest BCUT2D eigenvalue weighted by Gasteiger charge is 2.52. The topological polar surface area (TPSA) is 36.3 Å². The predicted molar refractivity (Wildman–Crippen MR) is 75.7 cm³/mol. The van der Waals surface area contributed by atoms with Gasteiger partial charge in [-0.15, -0.1) is 11.3 Å². The first kappa shape index (κ1) is 11.0. The summed E-state index contributed by atoms with van der Waals surface area (Å²) < 4.78 is 14.5. The first-order valence-electron chi connectivity index (χ1n) is 6.68. The van der Waals surface area contributed by atoms with Crippen LogP contribution in [0.1, 0.15) is 10.7 Å². The quantitative estimate of drug-likeness (QED) is 0.689. The smallest absolute Gasteiger partial charge is 0.266 e. The van der Waals surface area contributed by atoms with Gasteiger partial charge in [0.15, 0.2) is 5.82 Å². The van der Waals surface area contributed by atoms with E-state index in [1.165, 1.54) is 0 Å². The number of imidazole rings is 1. The minimum absolute atomic E-state index is 0.0993. The van der Waals surface area contributed by atoms with E-state index in [1.807, 2.05) is 29.6 Å². The van der Waals surface area contributed by atoms with Crippen molar-refractivity contribution >= 4 is 22.4 Å². The fraction of sp³-hybridized carbons (Fsp3) is 0.267. The molecule has 4 heterocycles. The number of benzene rings is 1. The Bertz CT molecular complexity index is 795. The van der Waals surface area contributed by atoms with E-state index in [-0.39, 0.29) is 6.10 Å². The van der Waals surface area contributed by atoms with Gasteiger partial charge in [0.25, 0.3) is 5.79 Å². The number of aromatic nitrogens is 2. The summed E-state index contributed by atoms with van der Waals surface area (Å²) in [6.45, 7) is 1.43. The Balaban J connectivity index is 1.84. The Morgan fingerprint density at radius 2 is 2.20 bits per heavy atom. The fourth-order valence-electron chi connectivity index (χ4n) is 3.14. The maximum atomic E-state index is 6.19. The van der Waals surface area contributed by atoms with Gasteiger partial charge in [-0.1, -0.05) is 18.2 Å². The largest absolute Gasteiger partial charge is 0.336 e. The molecule has 2 aromatic heterocycles. The summed E-state index contributed by atoms with van der Waals surface area (Å²) >= 11 is 1.65. The molecule has 1 aromatic carbocycles.